The lowest BCUT2D eigenvalue weighted by atomic mass is 9.99. The molecule has 1 saturated carbocycles. The fraction of sp³-hybridized carbons (Fsp3) is 0.292. The zero-order chi connectivity index (χ0) is 24.0. The van der Waals surface area contributed by atoms with Crippen LogP contribution in [0.3, 0.4) is 0 Å². The van der Waals surface area contributed by atoms with E-state index in [1.54, 1.807) is 10.6 Å². The Balaban J connectivity index is 1.60. The summed E-state index contributed by atoms with van der Waals surface area (Å²) in [7, 11) is -3.73. The van der Waals surface area contributed by atoms with E-state index in [1.807, 2.05) is 29.6 Å². The predicted octanol–water partition coefficient (Wildman–Crippen LogP) is 4.42. The first-order valence-corrected chi connectivity index (χ1v) is 14.4. The van der Waals surface area contributed by atoms with Gasteiger partial charge in [0.05, 0.1) is 22.1 Å². The average Bonchev–Trinajstić information content (AvgIpc) is 3.53. The SMILES string of the molecule is CC(C)S(=O)(=O)NC(=O)CSc1nc2sccc2c(=O)n1-c1ccc(C2CC2)c2ccccc12. The van der Waals surface area contributed by atoms with E-state index in [4.69, 9.17) is 0 Å². The molecule has 0 unspecified atom stereocenters. The van der Waals surface area contributed by atoms with Crippen molar-refractivity contribution in [2.75, 3.05) is 5.75 Å². The summed E-state index contributed by atoms with van der Waals surface area (Å²) in [4.78, 5) is 31.2. The Morgan fingerprint density at radius 1 is 1.15 bits per heavy atom. The largest absolute Gasteiger partial charge is 0.273 e. The van der Waals surface area contributed by atoms with E-state index in [-0.39, 0.29) is 11.3 Å². The van der Waals surface area contributed by atoms with Crippen molar-refractivity contribution in [2.24, 2.45) is 0 Å². The van der Waals surface area contributed by atoms with Crippen molar-refractivity contribution in [1.82, 2.24) is 14.3 Å². The number of hydrogen-bond donors (Lipinski definition) is 1. The number of sulfonamides is 1. The lowest BCUT2D eigenvalue weighted by Gasteiger charge is -2.16. The first kappa shape index (κ1) is 23.1. The molecular formula is C24H23N3O4S3. The Hall–Kier alpha value is -2.69. The molecule has 1 N–H and O–H groups in total. The topological polar surface area (TPSA) is 98.1 Å². The Bertz CT molecular complexity index is 1580. The zero-order valence-electron chi connectivity index (χ0n) is 18.6. The van der Waals surface area contributed by atoms with Gasteiger partial charge >= 0.3 is 0 Å². The van der Waals surface area contributed by atoms with Gasteiger partial charge in [0.25, 0.3) is 5.56 Å². The number of fused-ring (bicyclic) bond motifs is 2. The second-order valence-corrected chi connectivity index (χ2v) is 12.6. The van der Waals surface area contributed by atoms with Crippen LogP contribution < -0.4 is 10.3 Å². The molecule has 0 atom stereocenters. The fourth-order valence-corrected chi connectivity index (χ4v) is 6.22. The van der Waals surface area contributed by atoms with E-state index in [0.717, 1.165) is 22.5 Å². The van der Waals surface area contributed by atoms with Gasteiger partial charge in [-0.15, -0.1) is 11.3 Å². The Kier molecular flexibility index (Phi) is 5.99. The maximum atomic E-state index is 13.6. The smallest absolute Gasteiger partial charge is 0.267 e. The molecule has 0 radical (unpaired) electrons. The number of carbonyl (C=O) groups excluding carboxylic acids is 1. The molecule has 2 heterocycles. The Morgan fingerprint density at radius 3 is 2.59 bits per heavy atom. The van der Waals surface area contributed by atoms with E-state index < -0.39 is 21.2 Å². The minimum Gasteiger partial charge on any atom is -0.273 e. The van der Waals surface area contributed by atoms with E-state index in [1.165, 1.54) is 43.6 Å². The molecule has 7 nitrogen and oxygen atoms in total. The van der Waals surface area contributed by atoms with Gasteiger partial charge in [-0.2, -0.15) is 0 Å². The Labute approximate surface area is 205 Å². The average molecular weight is 514 g/mol. The van der Waals surface area contributed by atoms with Crippen LogP contribution in [0.1, 0.15) is 38.2 Å². The third-order valence-corrected chi connectivity index (χ3v) is 9.37. The van der Waals surface area contributed by atoms with Crippen molar-refractivity contribution in [2.45, 2.75) is 43.0 Å². The molecule has 0 spiro atoms. The van der Waals surface area contributed by atoms with Crippen LogP contribution in [0.2, 0.25) is 0 Å². The predicted molar refractivity (Wildman–Crippen MR) is 138 cm³/mol. The summed E-state index contributed by atoms with van der Waals surface area (Å²) < 4.78 is 27.8. The number of thioether (sulfide) groups is 1. The second kappa shape index (κ2) is 8.83. The molecular weight excluding hydrogens is 490 g/mol. The quantitative estimate of drug-likeness (QED) is 0.290. The summed E-state index contributed by atoms with van der Waals surface area (Å²) in [5, 5.41) is 4.00. The molecule has 1 amide bonds. The van der Waals surface area contributed by atoms with Crippen molar-refractivity contribution in [1.29, 1.82) is 0 Å². The highest BCUT2D eigenvalue weighted by atomic mass is 32.2. The van der Waals surface area contributed by atoms with Gasteiger partial charge < -0.3 is 0 Å². The van der Waals surface area contributed by atoms with Crippen LogP contribution in [0.25, 0.3) is 26.7 Å². The van der Waals surface area contributed by atoms with Gasteiger partial charge in [0, 0.05) is 5.39 Å². The van der Waals surface area contributed by atoms with Crippen molar-refractivity contribution in [3.05, 3.63) is 63.8 Å². The molecule has 2 aromatic heterocycles. The van der Waals surface area contributed by atoms with Crippen molar-refractivity contribution in [3.8, 4) is 5.69 Å². The number of benzene rings is 2. The number of aromatic nitrogens is 2. The molecule has 0 saturated heterocycles. The van der Waals surface area contributed by atoms with Gasteiger partial charge in [-0.1, -0.05) is 42.1 Å². The summed E-state index contributed by atoms with van der Waals surface area (Å²) in [5.74, 6) is -0.291. The lowest BCUT2D eigenvalue weighted by molar-refractivity contribution is -0.116. The second-order valence-electron chi connectivity index (χ2n) is 8.58. The highest BCUT2D eigenvalue weighted by Gasteiger charge is 2.27. The van der Waals surface area contributed by atoms with E-state index in [0.29, 0.717) is 27.0 Å². The molecule has 1 fully saturated rings. The minimum absolute atomic E-state index is 0.187. The molecule has 2 aromatic carbocycles. The summed E-state index contributed by atoms with van der Waals surface area (Å²) in [5.41, 5.74) is 1.76. The highest BCUT2D eigenvalue weighted by molar-refractivity contribution is 8.00. The summed E-state index contributed by atoms with van der Waals surface area (Å²) in [6, 6.07) is 13.8. The minimum atomic E-state index is -3.73. The number of rotatable bonds is 7. The van der Waals surface area contributed by atoms with Gasteiger partial charge in [-0.25, -0.2) is 13.4 Å². The molecule has 0 aliphatic heterocycles. The van der Waals surface area contributed by atoms with Crippen LogP contribution in [-0.2, 0) is 14.8 Å². The molecule has 176 valence electrons. The maximum absolute atomic E-state index is 13.6. The van der Waals surface area contributed by atoms with Crippen LogP contribution in [0.15, 0.2) is 57.8 Å². The van der Waals surface area contributed by atoms with Crippen LogP contribution in [0.4, 0.5) is 0 Å². The van der Waals surface area contributed by atoms with Crippen molar-refractivity contribution < 1.29 is 13.2 Å². The van der Waals surface area contributed by atoms with E-state index in [9.17, 15) is 18.0 Å². The van der Waals surface area contributed by atoms with Crippen LogP contribution >= 0.6 is 23.1 Å². The van der Waals surface area contributed by atoms with E-state index >= 15 is 0 Å². The number of hydrogen-bond acceptors (Lipinski definition) is 7. The first-order chi connectivity index (χ1) is 16.3. The van der Waals surface area contributed by atoms with Crippen LogP contribution in [0, 0.1) is 0 Å². The van der Waals surface area contributed by atoms with Gasteiger partial charge in [0.15, 0.2) is 5.16 Å². The monoisotopic (exact) mass is 513 g/mol. The summed E-state index contributed by atoms with van der Waals surface area (Å²) in [6.07, 6.45) is 2.34. The van der Waals surface area contributed by atoms with Crippen LogP contribution in [0.5, 0.6) is 0 Å². The van der Waals surface area contributed by atoms with Crippen molar-refractivity contribution in [3.63, 3.8) is 0 Å². The number of thiophene rings is 1. The molecule has 1 aliphatic rings. The molecule has 4 aromatic rings. The van der Waals surface area contributed by atoms with Gasteiger partial charge in [0.2, 0.25) is 15.9 Å². The van der Waals surface area contributed by atoms with Crippen LogP contribution in [-0.4, -0.2) is 34.9 Å². The number of carbonyl (C=O) groups is 1. The number of nitrogens with one attached hydrogen (secondary N) is 1. The highest BCUT2D eigenvalue weighted by Crippen LogP contribution is 2.44. The lowest BCUT2D eigenvalue weighted by Crippen LogP contribution is -2.37. The molecule has 5 rings (SSSR count). The maximum Gasteiger partial charge on any atom is 0.267 e. The Morgan fingerprint density at radius 2 is 1.88 bits per heavy atom. The van der Waals surface area contributed by atoms with Gasteiger partial charge in [-0.3, -0.25) is 18.9 Å². The molecule has 10 heteroatoms. The number of amides is 1. The van der Waals surface area contributed by atoms with Crippen molar-refractivity contribution >= 4 is 60.0 Å². The van der Waals surface area contributed by atoms with E-state index in [2.05, 4.69) is 21.8 Å². The molecule has 34 heavy (non-hydrogen) atoms. The normalized spacial score (nSPS) is 14.2. The standard InChI is InChI=1S/C24H23N3O4S3/c1-14(2)34(30,31)26-21(28)13-33-24-25-22-19(11-12-32-22)23(29)27(24)20-10-9-16(15-7-8-15)17-5-3-4-6-18(17)20/h3-6,9-12,14-15H,7-8,13H2,1-2H3,(H,26,28). The number of nitrogens with zero attached hydrogens (tertiary/aromatic N) is 2. The zero-order valence-corrected chi connectivity index (χ0v) is 21.1. The summed E-state index contributed by atoms with van der Waals surface area (Å²) in [6.45, 7) is 3.01. The van der Waals surface area contributed by atoms with Gasteiger partial charge in [-0.05, 0) is 61.1 Å². The molecule has 0 bridgehead atoms. The third kappa shape index (κ3) is 4.25. The third-order valence-electron chi connectivity index (χ3n) is 5.87. The van der Waals surface area contributed by atoms with Gasteiger partial charge in [0.1, 0.15) is 4.83 Å². The fourth-order valence-electron chi connectivity index (χ4n) is 3.89. The summed E-state index contributed by atoms with van der Waals surface area (Å²) >= 11 is 2.40. The molecule has 1 aliphatic carbocycles. The first-order valence-electron chi connectivity index (χ1n) is 11.0.